The molecule has 2 N–H and O–H groups in total. The number of nitrogens with one attached hydrogen (secondary N) is 2. The molecule has 280 valence electrons. The van der Waals surface area contributed by atoms with Gasteiger partial charge < -0.3 is 29.5 Å². The maximum atomic E-state index is 15.4. The molecule has 4 aromatic rings. The molecule has 0 spiro atoms. The van der Waals surface area contributed by atoms with Crippen LogP contribution in [0.1, 0.15) is 54.7 Å². The number of likely N-dealkylation sites (N-methyl/N-ethyl adjacent to an activating group) is 1. The molecule has 0 bridgehead atoms. The fourth-order valence-corrected chi connectivity index (χ4v) is 8.95. The van der Waals surface area contributed by atoms with Crippen molar-refractivity contribution in [3.05, 3.63) is 87.5 Å². The molecule has 2 atom stereocenters. The lowest BCUT2D eigenvalue weighted by molar-refractivity contribution is -0.133. The summed E-state index contributed by atoms with van der Waals surface area (Å²) in [6.45, 7) is 7.98. The molecule has 1 aromatic heterocycles. The summed E-state index contributed by atoms with van der Waals surface area (Å²) in [5, 5.41) is 16.2. The molecule has 3 fully saturated rings. The molecule has 8 rings (SSSR count). The van der Waals surface area contributed by atoms with Crippen LogP contribution in [-0.4, -0.2) is 80.2 Å². The van der Waals surface area contributed by atoms with Crippen LogP contribution in [0.3, 0.4) is 0 Å². The van der Waals surface area contributed by atoms with E-state index in [9.17, 15) is 19.6 Å². The lowest BCUT2D eigenvalue weighted by atomic mass is 9.87. The highest BCUT2D eigenvalue weighted by Crippen LogP contribution is 2.43. The van der Waals surface area contributed by atoms with Crippen LogP contribution in [0.25, 0.3) is 10.9 Å². The lowest BCUT2D eigenvalue weighted by Crippen LogP contribution is -2.47. The summed E-state index contributed by atoms with van der Waals surface area (Å²) >= 11 is 0. The average Bonchev–Trinajstić information content (AvgIpc) is 3.63. The molecule has 3 aromatic carbocycles. The van der Waals surface area contributed by atoms with E-state index in [0.29, 0.717) is 40.8 Å². The van der Waals surface area contributed by atoms with Crippen molar-refractivity contribution in [2.24, 2.45) is 13.0 Å². The number of carbonyl (C=O) groups is 2. The summed E-state index contributed by atoms with van der Waals surface area (Å²) in [6.07, 6.45) is 3.67. The largest absolute Gasteiger partial charge is 0.374 e. The number of pyridine rings is 1. The number of likely N-dealkylation sites (tertiary alicyclic amines) is 1. The number of benzene rings is 3. The molecule has 2 unspecified atom stereocenters. The first-order chi connectivity index (χ1) is 26.1. The summed E-state index contributed by atoms with van der Waals surface area (Å²) in [5.74, 6) is -0.191. The second-order valence-corrected chi connectivity index (χ2v) is 15.5. The quantitative estimate of drug-likeness (QED) is 0.242. The van der Waals surface area contributed by atoms with E-state index in [2.05, 4.69) is 55.5 Å². The van der Waals surface area contributed by atoms with Crippen molar-refractivity contribution in [3.63, 3.8) is 0 Å². The summed E-state index contributed by atoms with van der Waals surface area (Å²) in [5.41, 5.74) is 7.78. The van der Waals surface area contributed by atoms with Crippen LogP contribution in [0, 0.1) is 30.0 Å². The van der Waals surface area contributed by atoms with E-state index < -0.39 is 6.04 Å². The van der Waals surface area contributed by atoms with Gasteiger partial charge in [0, 0.05) is 69.9 Å². The van der Waals surface area contributed by atoms with Gasteiger partial charge in [-0.05, 0) is 118 Å². The SMILES string of the molecule is Cc1cc2c(N3CCN(C)c4ccc(C#N)cc43)cc(C3CCN(CC4CCN(c5ccc(NC6CCC(=O)NC6=O)cc5F)C4)CC3)cc2n(C)c1=O. The molecule has 0 radical (unpaired) electrons. The van der Waals surface area contributed by atoms with Crippen LogP contribution in [0.5, 0.6) is 0 Å². The number of imide groups is 1. The zero-order chi connectivity index (χ0) is 37.7. The van der Waals surface area contributed by atoms with Gasteiger partial charge in [-0.2, -0.15) is 5.26 Å². The zero-order valence-electron chi connectivity index (χ0n) is 31.2. The van der Waals surface area contributed by atoms with Gasteiger partial charge in [0.15, 0.2) is 0 Å². The highest BCUT2D eigenvalue weighted by molar-refractivity contribution is 6.01. The van der Waals surface area contributed by atoms with E-state index in [1.807, 2.05) is 44.3 Å². The molecule has 0 saturated carbocycles. The van der Waals surface area contributed by atoms with Crippen molar-refractivity contribution in [1.29, 1.82) is 5.26 Å². The number of nitriles is 1. The van der Waals surface area contributed by atoms with Gasteiger partial charge >= 0.3 is 0 Å². The minimum atomic E-state index is -0.553. The number of nitrogens with zero attached hydrogens (tertiary/aromatic N) is 6. The first-order valence-corrected chi connectivity index (χ1v) is 19.1. The van der Waals surface area contributed by atoms with E-state index >= 15 is 4.39 Å². The van der Waals surface area contributed by atoms with Crippen molar-refractivity contribution in [2.45, 2.75) is 51.0 Å². The topological polar surface area (TPSA) is 117 Å². The number of carbonyl (C=O) groups excluding carboxylic acids is 2. The van der Waals surface area contributed by atoms with Crippen LogP contribution < -0.4 is 30.9 Å². The third-order valence-electron chi connectivity index (χ3n) is 12.0. The molecule has 12 heteroatoms. The van der Waals surface area contributed by atoms with E-state index in [1.165, 1.54) is 11.6 Å². The summed E-state index contributed by atoms with van der Waals surface area (Å²) in [6, 6.07) is 19.3. The van der Waals surface area contributed by atoms with Crippen LogP contribution in [0.2, 0.25) is 0 Å². The predicted octanol–water partition coefficient (Wildman–Crippen LogP) is 5.37. The van der Waals surface area contributed by atoms with E-state index in [1.54, 1.807) is 10.6 Å². The second kappa shape index (κ2) is 14.4. The Morgan fingerprint density at radius 3 is 2.43 bits per heavy atom. The molecular formula is C42H47FN8O3. The number of amides is 2. The minimum Gasteiger partial charge on any atom is -0.374 e. The van der Waals surface area contributed by atoms with Crippen LogP contribution in [0.15, 0.2) is 59.4 Å². The van der Waals surface area contributed by atoms with Gasteiger partial charge in [-0.15, -0.1) is 0 Å². The predicted molar refractivity (Wildman–Crippen MR) is 210 cm³/mol. The molecule has 11 nitrogen and oxygen atoms in total. The van der Waals surface area contributed by atoms with Gasteiger partial charge in [0.1, 0.15) is 11.9 Å². The summed E-state index contributed by atoms with van der Waals surface area (Å²) < 4.78 is 17.1. The first kappa shape index (κ1) is 35.6. The first-order valence-electron chi connectivity index (χ1n) is 19.1. The van der Waals surface area contributed by atoms with E-state index in [-0.39, 0.29) is 29.6 Å². The normalized spacial score (nSPS) is 21.0. The molecule has 54 heavy (non-hydrogen) atoms. The Balaban J connectivity index is 0.953. The maximum Gasteiger partial charge on any atom is 0.253 e. The Bertz CT molecular complexity index is 2240. The number of fused-ring (bicyclic) bond motifs is 2. The number of anilines is 5. The third kappa shape index (κ3) is 6.77. The summed E-state index contributed by atoms with van der Waals surface area (Å²) in [7, 11) is 3.95. The van der Waals surface area contributed by atoms with Crippen LogP contribution >= 0.6 is 0 Å². The third-order valence-corrected chi connectivity index (χ3v) is 12.0. The van der Waals surface area contributed by atoms with Gasteiger partial charge in [-0.1, -0.05) is 0 Å². The Hall–Kier alpha value is -5.41. The Morgan fingerprint density at radius 2 is 1.67 bits per heavy atom. The highest BCUT2D eigenvalue weighted by Gasteiger charge is 2.31. The number of hydrogen-bond acceptors (Lipinski definition) is 9. The molecular weight excluding hydrogens is 684 g/mol. The highest BCUT2D eigenvalue weighted by atomic mass is 19.1. The molecule has 0 aliphatic carbocycles. The van der Waals surface area contributed by atoms with Gasteiger partial charge in [0.05, 0.1) is 39.9 Å². The number of aryl methyl sites for hydroxylation is 2. The number of piperidine rings is 2. The number of aromatic nitrogens is 1. The number of rotatable bonds is 7. The smallest absolute Gasteiger partial charge is 0.253 e. The van der Waals surface area contributed by atoms with Crippen molar-refractivity contribution in [1.82, 2.24) is 14.8 Å². The number of hydrogen-bond donors (Lipinski definition) is 2. The standard InChI is InChI=1S/C42H47FN8O3/c1-26-18-32-37(48(3)42(26)54)20-30(21-38(32)51-17-16-47(2)36-7-4-27(23-44)19-39(36)51)29-11-13-49(14-12-29)24-28-10-15-50(25-28)35-8-5-31(22-33(35)43)45-34-6-9-40(52)46-41(34)53/h4-5,7-8,18-22,28-29,34,45H,6,9-17,24-25H2,1-3H3,(H,46,52,53). The van der Waals surface area contributed by atoms with Crippen LogP contribution in [0.4, 0.5) is 32.8 Å². The van der Waals surface area contributed by atoms with Gasteiger partial charge in [-0.3, -0.25) is 19.7 Å². The van der Waals surface area contributed by atoms with Gasteiger partial charge in [0.2, 0.25) is 11.8 Å². The van der Waals surface area contributed by atoms with E-state index in [4.69, 9.17) is 0 Å². The molecule has 4 aliphatic heterocycles. The fourth-order valence-electron chi connectivity index (χ4n) is 8.95. The fraction of sp³-hybridized carbons (Fsp3) is 0.429. The van der Waals surface area contributed by atoms with E-state index in [0.717, 1.165) is 93.0 Å². The van der Waals surface area contributed by atoms with Crippen molar-refractivity contribution < 1.29 is 14.0 Å². The minimum absolute atomic E-state index is 0.0105. The monoisotopic (exact) mass is 730 g/mol. The Labute approximate surface area is 314 Å². The number of halogens is 1. The van der Waals surface area contributed by atoms with Crippen molar-refractivity contribution in [2.75, 3.05) is 72.9 Å². The second-order valence-electron chi connectivity index (χ2n) is 15.5. The molecule has 5 heterocycles. The molecule has 4 aliphatic rings. The van der Waals surface area contributed by atoms with Crippen molar-refractivity contribution >= 4 is 51.2 Å². The Kier molecular flexibility index (Phi) is 9.52. The molecule has 2 amide bonds. The zero-order valence-corrected chi connectivity index (χ0v) is 31.2. The van der Waals surface area contributed by atoms with Crippen molar-refractivity contribution in [3.8, 4) is 6.07 Å². The summed E-state index contributed by atoms with van der Waals surface area (Å²) in [4.78, 5) is 46.1. The average molecular weight is 731 g/mol. The van der Waals surface area contributed by atoms with Crippen LogP contribution in [-0.2, 0) is 16.6 Å². The van der Waals surface area contributed by atoms with Gasteiger partial charge in [0.25, 0.3) is 5.56 Å². The van der Waals surface area contributed by atoms with Gasteiger partial charge in [-0.25, -0.2) is 4.39 Å². The lowest BCUT2D eigenvalue weighted by Gasteiger charge is -2.38. The maximum absolute atomic E-state index is 15.4. The Morgan fingerprint density at radius 1 is 0.870 bits per heavy atom. The molecule has 3 saturated heterocycles.